The highest BCUT2D eigenvalue weighted by molar-refractivity contribution is 9.10. The van der Waals surface area contributed by atoms with Crippen LogP contribution in [-0.4, -0.2) is 19.0 Å². The molecule has 1 aliphatic rings. The summed E-state index contributed by atoms with van der Waals surface area (Å²) < 4.78 is 14.4. The first kappa shape index (κ1) is 14.5. The van der Waals surface area contributed by atoms with Gasteiger partial charge in [-0.2, -0.15) is 0 Å². The lowest BCUT2D eigenvalue weighted by atomic mass is 10.1. The molecule has 0 aromatic heterocycles. The monoisotopic (exact) mass is 328 g/mol. The molecule has 5 heteroatoms. The number of hydrogen-bond acceptors (Lipinski definition) is 2. The van der Waals surface area contributed by atoms with Gasteiger partial charge in [0, 0.05) is 22.6 Å². The number of halogens is 2. The minimum absolute atomic E-state index is 0.0312. The maximum absolute atomic E-state index is 13.7. The second-order valence-corrected chi connectivity index (χ2v) is 5.93. The van der Waals surface area contributed by atoms with Crippen molar-refractivity contribution in [2.45, 2.75) is 25.8 Å². The first-order valence-corrected chi connectivity index (χ1v) is 7.30. The van der Waals surface area contributed by atoms with Crippen LogP contribution in [0.2, 0.25) is 0 Å². The minimum Gasteiger partial charge on any atom is -0.355 e. The predicted octanol–water partition coefficient (Wildman–Crippen LogP) is 2.77. The van der Waals surface area contributed by atoms with E-state index in [-0.39, 0.29) is 24.3 Å². The molecule has 1 fully saturated rings. The Balaban J connectivity index is 1.79. The van der Waals surface area contributed by atoms with Crippen LogP contribution in [0.15, 0.2) is 22.7 Å². The zero-order chi connectivity index (χ0) is 13.8. The van der Waals surface area contributed by atoms with Crippen LogP contribution < -0.4 is 10.6 Å². The molecule has 2 N–H and O–H groups in total. The zero-order valence-corrected chi connectivity index (χ0v) is 12.5. The van der Waals surface area contributed by atoms with E-state index in [1.54, 1.807) is 12.1 Å². The van der Waals surface area contributed by atoms with Crippen molar-refractivity contribution in [3.63, 3.8) is 0 Å². The number of nitrogens with one attached hydrogen (secondary N) is 2. The number of benzene rings is 1. The Hall–Kier alpha value is -0.940. The molecule has 1 saturated carbocycles. The average molecular weight is 329 g/mol. The van der Waals surface area contributed by atoms with E-state index in [0.29, 0.717) is 16.0 Å². The van der Waals surface area contributed by atoms with Crippen molar-refractivity contribution < 1.29 is 9.18 Å². The van der Waals surface area contributed by atoms with Gasteiger partial charge in [0.2, 0.25) is 5.91 Å². The van der Waals surface area contributed by atoms with Crippen LogP contribution in [0.3, 0.4) is 0 Å². The van der Waals surface area contributed by atoms with Gasteiger partial charge in [0.25, 0.3) is 0 Å². The van der Waals surface area contributed by atoms with Gasteiger partial charge in [-0.3, -0.25) is 4.79 Å². The second-order valence-electron chi connectivity index (χ2n) is 5.02. The Bertz CT molecular complexity index is 463. The van der Waals surface area contributed by atoms with E-state index in [1.807, 2.05) is 6.92 Å². The summed E-state index contributed by atoms with van der Waals surface area (Å²) in [4.78, 5) is 11.6. The quantitative estimate of drug-likeness (QED) is 0.843. The maximum atomic E-state index is 13.7. The summed E-state index contributed by atoms with van der Waals surface area (Å²) in [6.45, 7) is 2.82. The van der Waals surface area contributed by atoms with Crippen LogP contribution in [-0.2, 0) is 4.79 Å². The highest BCUT2D eigenvalue weighted by atomic mass is 79.9. The van der Waals surface area contributed by atoms with Gasteiger partial charge in [-0.1, -0.05) is 22.0 Å². The molecule has 0 radical (unpaired) electrons. The van der Waals surface area contributed by atoms with Gasteiger partial charge in [0.1, 0.15) is 5.82 Å². The molecule has 0 aliphatic heterocycles. The SMILES string of the molecule is C[C@H](NCC(=O)NCC1CC1)c1ccc(Br)cc1F. The molecule has 0 bridgehead atoms. The summed E-state index contributed by atoms with van der Waals surface area (Å²) in [6, 6.07) is 4.75. The van der Waals surface area contributed by atoms with Crippen molar-refractivity contribution >= 4 is 21.8 Å². The highest BCUT2D eigenvalue weighted by Gasteiger charge is 2.21. The van der Waals surface area contributed by atoms with Gasteiger partial charge >= 0.3 is 0 Å². The number of carbonyl (C=O) groups excluding carboxylic acids is 1. The fraction of sp³-hybridized carbons (Fsp3) is 0.500. The lowest BCUT2D eigenvalue weighted by Gasteiger charge is -2.15. The van der Waals surface area contributed by atoms with Crippen LogP contribution in [0, 0.1) is 11.7 Å². The van der Waals surface area contributed by atoms with Crippen LogP contribution in [0.4, 0.5) is 4.39 Å². The molecule has 0 unspecified atom stereocenters. The molecule has 0 spiro atoms. The van der Waals surface area contributed by atoms with Crippen LogP contribution >= 0.6 is 15.9 Å². The molecule has 19 heavy (non-hydrogen) atoms. The van der Waals surface area contributed by atoms with Crippen LogP contribution in [0.1, 0.15) is 31.4 Å². The summed E-state index contributed by atoms with van der Waals surface area (Å²) in [5, 5.41) is 5.91. The fourth-order valence-corrected chi connectivity index (χ4v) is 2.18. The Morgan fingerprint density at radius 3 is 2.89 bits per heavy atom. The van der Waals surface area contributed by atoms with Crippen LogP contribution in [0.5, 0.6) is 0 Å². The van der Waals surface area contributed by atoms with E-state index in [2.05, 4.69) is 26.6 Å². The van der Waals surface area contributed by atoms with Gasteiger partial charge in [0.05, 0.1) is 6.54 Å². The summed E-state index contributed by atoms with van der Waals surface area (Å²) in [5.74, 6) is 0.370. The third-order valence-corrected chi connectivity index (χ3v) is 3.78. The Morgan fingerprint density at radius 1 is 1.53 bits per heavy atom. The summed E-state index contributed by atoms with van der Waals surface area (Å²) in [6.07, 6.45) is 2.43. The first-order valence-electron chi connectivity index (χ1n) is 6.51. The summed E-state index contributed by atoms with van der Waals surface area (Å²) in [7, 11) is 0. The zero-order valence-electron chi connectivity index (χ0n) is 10.9. The first-order chi connectivity index (χ1) is 9.06. The van der Waals surface area contributed by atoms with E-state index >= 15 is 0 Å². The second kappa shape index (κ2) is 6.48. The molecule has 1 aliphatic carbocycles. The van der Waals surface area contributed by atoms with Crippen molar-refractivity contribution in [3.8, 4) is 0 Å². The number of rotatable bonds is 6. The molecule has 104 valence electrons. The van der Waals surface area contributed by atoms with Crippen molar-refractivity contribution in [3.05, 3.63) is 34.1 Å². The third kappa shape index (κ3) is 4.58. The molecule has 1 aromatic carbocycles. The molecule has 1 atom stereocenters. The minimum atomic E-state index is -0.271. The van der Waals surface area contributed by atoms with E-state index < -0.39 is 0 Å². The predicted molar refractivity (Wildman–Crippen MR) is 76.3 cm³/mol. The third-order valence-electron chi connectivity index (χ3n) is 3.28. The standard InChI is InChI=1S/C14H18BrFN2O/c1-9(12-5-4-11(15)6-13(12)16)17-8-14(19)18-7-10-2-3-10/h4-6,9-10,17H,2-3,7-8H2,1H3,(H,18,19)/t9-/m0/s1. The van der Waals surface area contributed by atoms with Gasteiger partial charge < -0.3 is 10.6 Å². The Morgan fingerprint density at radius 2 is 2.26 bits per heavy atom. The van der Waals surface area contributed by atoms with Crippen LogP contribution in [0.25, 0.3) is 0 Å². The number of hydrogen-bond donors (Lipinski definition) is 2. The van der Waals surface area contributed by atoms with E-state index in [1.165, 1.54) is 18.9 Å². The van der Waals surface area contributed by atoms with Gasteiger partial charge in [-0.15, -0.1) is 0 Å². The molecule has 0 heterocycles. The molecule has 3 nitrogen and oxygen atoms in total. The Labute approximate surface area is 121 Å². The lowest BCUT2D eigenvalue weighted by molar-refractivity contribution is -0.120. The smallest absolute Gasteiger partial charge is 0.233 e. The topological polar surface area (TPSA) is 41.1 Å². The van der Waals surface area contributed by atoms with Crippen molar-refractivity contribution in [1.29, 1.82) is 0 Å². The van der Waals surface area contributed by atoms with Crippen molar-refractivity contribution in [1.82, 2.24) is 10.6 Å². The lowest BCUT2D eigenvalue weighted by Crippen LogP contribution is -2.36. The molecule has 1 aromatic rings. The highest BCUT2D eigenvalue weighted by Crippen LogP contribution is 2.27. The van der Waals surface area contributed by atoms with Gasteiger partial charge in [0.15, 0.2) is 0 Å². The fourth-order valence-electron chi connectivity index (χ4n) is 1.85. The average Bonchev–Trinajstić information content (AvgIpc) is 3.17. The molecular weight excluding hydrogens is 311 g/mol. The van der Waals surface area contributed by atoms with Crippen molar-refractivity contribution in [2.24, 2.45) is 5.92 Å². The molecule has 1 amide bonds. The molecule has 0 saturated heterocycles. The summed E-state index contributed by atoms with van der Waals surface area (Å²) in [5.41, 5.74) is 0.568. The largest absolute Gasteiger partial charge is 0.355 e. The molecular formula is C14H18BrFN2O. The van der Waals surface area contributed by atoms with Crippen molar-refractivity contribution in [2.75, 3.05) is 13.1 Å². The molecule has 2 rings (SSSR count). The maximum Gasteiger partial charge on any atom is 0.233 e. The van der Waals surface area contributed by atoms with E-state index in [9.17, 15) is 9.18 Å². The van der Waals surface area contributed by atoms with Gasteiger partial charge in [-0.05, 0) is 37.8 Å². The van der Waals surface area contributed by atoms with E-state index in [4.69, 9.17) is 0 Å². The number of amides is 1. The summed E-state index contributed by atoms with van der Waals surface area (Å²) >= 11 is 3.22. The normalized spacial score (nSPS) is 16.2. The van der Waals surface area contributed by atoms with E-state index in [0.717, 1.165) is 6.54 Å². The van der Waals surface area contributed by atoms with Gasteiger partial charge in [-0.25, -0.2) is 4.39 Å². The Kier molecular flexibility index (Phi) is 4.93. The number of carbonyl (C=O) groups is 1.